The first-order valence-electron chi connectivity index (χ1n) is 6.05. The van der Waals surface area contributed by atoms with E-state index in [4.69, 9.17) is 5.73 Å². The molecule has 1 heterocycles. The zero-order valence-corrected chi connectivity index (χ0v) is 12.8. The van der Waals surface area contributed by atoms with Gasteiger partial charge in [0.05, 0.1) is 0 Å². The first kappa shape index (κ1) is 16.5. The zero-order chi connectivity index (χ0) is 11.8. The Labute approximate surface area is 120 Å². The molecule has 1 saturated heterocycles. The molecule has 0 unspecified atom stereocenters. The fourth-order valence-corrected chi connectivity index (χ4v) is 1.67. The molecule has 0 bridgehead atoms. The van der Waals surface area contributed by atoms with Crippen LogP contribution in [0.5, 0.6) is 0 Å². The Hall–Kier alpha value is -0.530. The topological polar surface area (TPSA) is 70.7 Å². The van der Waals surface area contributed by atoms with Crippen molar-refractivity contribution in [1.82, 2.24) is 10.2 Å². The molecular weight excluding hydrogens is 331 g/mol. The summed E-state index contributed by atoms with van der Waals surface area (Å²) < 4.78 is 0. The molecular formula is C11H23IN4O. The maximum Gasteiger partial charge on any atom is 0.244 e. The molecule has 0 radical (unpaired) electrons. The van der Waals surface area contributed by atoms with Crippen molar-refractivity contribution in [2.24, 2.45) is 10.7 Å². The van der Waals surface area contributed by atoms with Gasteiger partial charge in [-0.2, -0.15) is 0 Å². The van der Waals surface area contributed by atoms with E-state index in [0.29, 0.717) is 5.96 Å². The molecule has 0 aliphatic carbocycles. The molecule has 1 rings (SSSR count). The Morgan fingerprint density at radius 3 is 2.65 bits per heavy atom. The molecule has 17 heavy (non-hydrogen) atoms. The van der Waals surface area contributed by atoms with Gasteiger partial charge in [-0.15, -0.1) is 24.0 Å². The number of likely N-dealkylation sites (tertiary alicyclic amines) is 1. The molecule has 1 fully saturated rings. The molecule has 6 heteroatoms. The summed E-state index contributed by atoms with van der Waals surface area (Å²) in [5.41, 5.74) is 5.63. The number of rotatable bonds is 5. The average molecular weight is 354 g/mol. The van der Waals surface area contributed by atoms with Crippen molar-refractivity contribution in [2.75, 3.05) is 26.2 Å². The minimum Gasteiger partial charge on any atom is -0.370 e. The number of nitrogens with two attached hydrogens (primary N) is 1. The molecule has 100 valence electrons. The van der Waals surface area contributed by atoms with Crippen LogP contribution in [0.1, 0.15) is 32.6 Å². The van der Waals surface area contributed by atoms with E-state index in [9.17, 15) is 4.79 Å². The van der Waals surface area contributed by atoms with Crippen LogP contribution in [0.4, 0.5) is 0 Å². The van der Waals surface area contributed by atoms with Crippen molar-refractivity contribution in [2.45, 2.75) is 32.6 Å². The number of guanidine groups is 1. The van der Waals surface area contributed by atoms with E-state index in [1.54, 1.807) is 0 Å². The van der Waals surface area contributed by atoms with Gasteiger partial charge >= 0.3 is 0 Å². The van der Waals surface area contributed by atoms with Gasteiger partial charge in [0, 0.05) is 19.6 Å². The standard InChI is InChI=1S/C11H22N4O.HI/c1-2-3-6-13-11(12)14-9-10(16)15-7-4-5-8-15;/h2-9H2,1H3,(H3,12,13,14);1H. The lowest BCUT2D eigenvalue weighted by Crippen LogP contribution is -2.35. The normalized spacial score (nSPS) is 15.6. The van der Waals surface area contributed by atoms with Crippen LogP contribution in [0, 0.1) is 0 Å². The van der Waals surface area contributed by atoms with Crippen molar-refractivity contribution in [3.63, 3.8) is 0 Å². The van der Waals surface area contributed by atoms with Crippen LogP contribution in [-0.2, 0) is 4.79 Å². The molecule has 0 aromatic carbocycles. The third-order valence-corrected chi connectivity index (χ3v) is 2.68. The number of hydrogen-bond acceptors (Lipinski definition) is 2. The second-order valence-electron chi connectivity index (χ2n) is 4.07. The van der Waals surface area contributed by atoms with Crippen molar-refractivity contribution >= 4 is 35.8 Å². The monoisotopic (exact) mass is 354 g/mol. The second-order valence-corrected chi connectivity index (χ2v) is 4.07. The van der Waals surface area contributed by atoms with Gasteiger partial charge in [0.15, 0.2) is 5.96 Å². The van der Waals surface area contributed by atoms with Crippen LogP contribution in [0.2, 0.25) is 0 Å². The van der Waals surface area contributed by atoms with Gasteiger partial charge < -0.3 is 16.0 Å². The number of halogens is 1. The fourth-order valence-electron chi connectivity index (χ4n) is 1.67. The summed E-state index contributed by atoms with van der Waals surface area (Å²) in [7, 11) is 0. The Bertz CT molecular complexity index is 252. The molecule has 1 aliphatic heterocycles. The predicted molar refractivity (Wildman–Crippen MR) is 80.6 cm³/mol. The molecule has 0 saturated carbocycles. The summed E-state index contributed by atoms with van der Waals surface area (Å²) in [6, 6.07) is 0. The number of unbranched alkanes of at least 4 members (excludes halogenated alkanes) is 1. The first-order chi connectivity index (χ1) is 7.74. The largest absolute Gasteiger partial charge is 0.370 e. The predicted octanol–water partition coefficient (Wildman–Crippen LogP) is 0.931. The highest BCUT2D eigenvalue weighted by atomic mass is 127. The number of nitrogens with zero attached hydrogens (tertiary/aromatic N) is 2. The number of amides is 1. The van der Waals surface area contributed by atoms with Gasteiger partial charge in [0.2, 0.25) is 5.91 Å². The quantitative estimate of drug-likeness (QED) is 0.334. The number of aliphatic imine (C=N–C) groups is 1. The Morgan fingerprint density at radius 2 is 2.06 bits per heavy atom. The van der Waals surface area contributed by atoms with Crippen LogP contribution in [0.15, 0.2) is 4.99 Å². The molecule has 0 aromatic rings. The van der Waals surface area contributed by atoms with Gasteiger partial charge in [0.1, 0.15) is 6.54 Å². The zero-order valence-electron chi connectivity index (χ0n) is 10.4. The third kappa shape index (κ3) is 6.70. The molecule has 5 nitrogen and oxygen atoms in total. The van der Waals surface area contributed by atoms with Crippen molar-refractivity contribution in [3.05, 3.63) is 0 Å². The first-order valence-corrected chi connectivity index (χ1v) is 6.05. The highest BCUT2D eigenvalue weighted by molar-refractivity contribution is 14.0. The van der Waals surface area contributed by atoms with Crippen LogP contribution in [0.25, 0.3) is 0 Å². The van der Waals surface area contributed by atoms with E-state index in [1.807, 2.05) is 4.90 Å². The minimum absolute atomic E-state index is 0. The van der Waals surface area contributed by atoms with Gasteiger partial charge in [-0.1, -0.05) is 13.3 Å². The van der Waals surface area contributed by atoms with Crippen molar-refractivity contribution < 1.29 is 4.79 Å². The Morgan fingerprint density at radius 1 is 1.41 bits per heavy atom. The van der Waals surface area contributed by atoms with Crippen LogP contribution in [-0.4, -0.2) is 42.9 Å². The SMILES string of the molecule is CCCCNC(N)=NCC(=O)N1CCCC1.I. The number of hydrogen-bond donors (Lipinski definition) is 2. The number of nitrogens with one attached hydrogen (secondary N) is 1. The van der Waals surface area contributed by atoms with Crippen LogP contribution in [0.3, 0.4) is 0 Å². The summed E-state index contributed by atoms with van der Waals surface area (Å²) in [6.45, 7) is 4.86. The van der Waals surface area contributed by atoms with Gasteiger partial charge in [-0.3, -0.25) is 4.79 Å². The summed E-state index contributed by atoms with van der Waals surface area (Å²) >= 11 is 0. The molecule has 1 amide bonds. The van der Waals surface area contributed by atoms with Gasteiger partial charge in [-0.05, 0) is 19.3 Å². The molecule has 3 N–H and O–H groups in total. The van der Waals surface area contributed by atoms with Crippen molar-refractivity contribution in [1.29, 1.82) is 0 Å². The lowest BCUT2D eigenvalue weighted by molar-refractivity contribution is -0.128. The Balaban J connectivity index is 0.00000256. The Kier molecular flexibility index (Phi) is 9.20. The lowest BCUT2D eigenvalue weighted by atomic mass is 10.3. The average Bonchev–Trinajstić information content (AvgIpc) is 2.79. The third-order valence-electron chi connectivity index (χ3n) is 2.68. The maximum absolute atomic E-state index is 11.6. The minimum atomic E-state index is 0. The number of carbonyl (C=O) groups excluding carboxylic acids is 1. The van der Waals surface area contributed by atoms with E-state index in [2.05, 4.69) is 17.2 Å². The highest BCUT2D eigenvalue weighted by Crippen LogP contribution is 2.06. The lowest BCUT2D eigenvalue weighted by Gasteiger charge is -2.13. The second kappa shape index (κ2) is 9.49. The van der Waals surface area contributed by atoms with Gasteiger partial charge in [-0.25, -0.2) is 4.99 Å². The van der Waals surface area contributed by atoms with E-state index in [-0.39, 0.29) is 36.4 Å². The molecule has 1 aliphatic rings. The van der Waals surface area contributed by atoms with Crippen LogP contribution < -0.4 is 11.1 Å². The molecule has 0 atom stereocenters. The summed E-state index contributed by atoms with van der Waals surface area (Å²) in [6.07, 6.45) is 4.41. The maximum atomic E-state index is 11.6. The van der Waals surface area contributed by atoms with Crippen molar-refractivity contribution in [3.8, 4) is 0 Å². The summed E-state index contributed by atoms with van der Waals surface area (Å²) in [5.74, 6) is 0.457. The highest BCUT2D eigenvalue weighted by Gasteiger charge is 2.16. The van der Waals surface area contributed by atoms with Crippen LogP contribution >= 0.6 is 24.0 Å². The number of carbonyl (C=O) groups is 1. The van der Waals surface area contributed by atoms with E-state index >= 15 is 0 Å². The fraction of sp³-hybridized carbons (Fsp3) is 0.818. The molecule has 0 aromatic heterocycles. The van der Waals surface area contributed by atoms with E-state index < -0.39 is 0 Å². The smallest absolute Gasteiger partial charge is 0.244 e. The van der Waals surface area contributed by atoms with E-state index in [0.717, 1.165) is 45.3 Å². The summed E-state index contributed by atoms with van der Waals surface area (Å²) in [4.78, 5) is 17.5. The molecule has 0 spiro atoms. The van der Waals surface area contributed by atoms with Gasteiger partial charge in [0.25, 0.3) is 0 Å². The van der Waals surface area contributed by atoms with E-state index in [1.165, 1.54) is 0 Å². The summed E-state index contributed by atoms with van der Waals surface area (Å²) in [5, 5.41) is 2.99.